The Morgan fingerprint density at radius 1 is 1.56 bits per heavy atom. The van der Waals surface area contributed by atoms with E-state index >= 15 is 0 Å². The van der Waals surface area contributed by atoms with Gasteiger partial charge in [0.2, 0.25) is 0 Å². The highest BCUT2D eigenvalue weighted by molar-refractivity contribution is 5.91. The molecule has 0 aliphatic heterocycles. The van der Waals surface area contributed by atoms with Crippen molar-refractivity contribution in [3.63, 3.8) is 0 Å². The molecule has 4 nitrogen and oxygen atoms in total. The molecule has 0 heterocycles. The number of methoxy groups -OCH3 is 1. The Morgan fingerprint density at radius 3 is 2.94 bits per heavy atom. The third-order valence-electron chi connectivity index (χ3n) is 2.75. The van der Waals surface area contributed by atoms with Crippen LogP contribution in [0.25, 0.3) is 0 Å². The monoisotopic (exact) mass is 220 g/mol. The van der Waals surface area contributed by atoms with Crippen molar-refractivity contribution >= 4 is 17.3 Å². The molecule has 0 atom stereocenters. The van der Waals surface area contributed by atoms with Crippen LogP contribution in [0.5, 0.6) is 0 Å². The summed E-state index contributed by atoms with van der Waals surface area (Å²) in [7, 11) is 1.37. The summed E-state index contributed by atoms with van der Waals surface area (Å²) < 4.78 is 4.66. The van der Waals surface area contributed by atoms with Gasteiger partial charge in [0.1, 0.15) is 0 Å². The number of ether oxygens (including phenoxy) is 1. The average Bonchev–Trinajstić information content (AvgIpc) is 3.11. The molecule has 1 aromatic carbocycles. The minimum atomic E-state index is -0.338. The van der Waals surface area contributed by atoms with Gasteiger partial charge in [-0.15, -0.1) is 0 Å². The van der Waals surface area contributed by atoms with Crippen molar-refractivity contribution in [1.82, 2.24) is 0 Å². The van der Waals surface area contributed by atoms with Gasteiger partial charge in [0, 0.05) is 6.54 Å². The largest absolute Gasteiger partial charge is 0.465 e. The van der Waals surface area contributed by atoms with Crippen LogP contribution in [0.2, 0.25) is 0 Å². The van der Waals surface area contributed by atoms with Crippen LogP contribution in [0.3, 0.4) is 0 Å². The molecule has 1 aliphatic rings. The number of nitrogens with two attached hydrogens (primary N) is 1. The minimum Gasteiger partial charge on any atom is -0.465 e. The lowest BCUT2D eigenvalue weighted by Crippen LogP contribution is -2.08. The van der Waals surface area contributed by atoms with E-state index in [0.29, 0.717) is 11.3 Å². The van der Waals surface area contributed by atoms with Gasteiger partial charge in [0.15, 0.2) is 0 Å². The molecule has 2 rings (SSSR count). The molecule has 16 heavy (non-hydrogen) atoms. The second-order valence-corrected chi connectivity index (χ2v) is 4.12. The third-order valence-corrected chi connectivity index (χ3v) is 2.75. The average molecular weight is 220 g/mol. The Hall–Kier alpha value is -1.71. The van der Waals surface area contributed by atoms with E-state index in [1.54, 1.807) is 18.2 Å². The van der Waals surface area contributed by atoms with Crippen LogP contribution in [-0.4, -0.2) is 19.6 Å². The van der Waals surface area contributed by atoms with Gasteiger partial charge >= 0.3 is 5.97 Å². The second kappa shape index (κ2) is 4.43. The summed E-state index contributed by atoms with van der Waals surface area (Å²) in [6.45, 7) is 0.925. The summed E-state index contributed by atoms with van der Waals surface area (Å²) in [6, 6.07) is 5.13. The number of nitrogen functional groups attached to an aromatic ring is 1. The SMILES string of the molecule is COC(=O)c1ccc(N)c(NCC2CC2)c1. The molecule has 1 aliphatic carbocycles. The molecule has 4 heteroatoms. The van der Waals surface area contributed by atoms with Crippen molar-refractivity contribution in [2.24, 2.45) is 5.92 Å². The summed E-state index contributed by atoms with van der Waals surface area (Å²) in [5.41, 5.74) is 7.82. The highest BCUT2D eigenvalue weighted by atomic mass is 16.5. The number of hydrogen-bond donors (Lipinski definition) is 2. The molecular weight excluding hydrogens is 204 g/mol. The molecule has 0 unspecified atom stereocenters. The fourth-order valence-electron chi connectivity index (χ4n) is 1.53. The zero-order chi connectivity index (χ0) is 11.5. The normalized spacial score (nSPS) is 14.6. The maximum absolute atomic E-state index is 11.3. The van der Waals surface area contributed by atoms with Crippen LogP contribution in [0.15, 0.2) is 18.2 Å². The van der Waals surface area contributed by atoms with E-state index in [4.69, 9.17) is 5.73 Å². The first-order chi connectivity index (χ1) is 7.70. The fraction of sp³-hybridized carbons (Fsp3) is 0.417. The Balaban J connectivity index is 2.11. The lowest BCUT2D eigenvalue weighted by Gasteiger charge is -2.10. The van der Waals surface area contributed by atoms with Gasteiger partial charge < -0.3 is 15.8 Å². The molecule has 3 N–H and O–H groups in total. The number of carbonyl (C=O) groups excluding carboxylic acids is 1. The number of hydrogen-bond acceptors (Lipinski definition) is 4. The first-order valence-corrected chi connectivity index (χ1v) is 5.42. The van der Waals surface area contributed by atoms with Gasteiger partial charge in [-0.1, -0.05) is 0 Å². The topological polar surface area (TPSA) is 64.3 Å². The molecule has 86 valence electrons. The zero-order valence-corrected chi connectivity index (χ0v) is 9.32. The second-order valence-electron chi connectivity index (χ2n) is 4.12. The first kappa shape index (κ1) is 10.8. The van der Waals surface area contributed by atoms with Crippen molar-refractivity contribution in [2.75, 3.05) is 24.7 Å². The van der Waals surface area contributed by atoms with Gasteiger partial charge in [-0.3, -0.25) is 0 Å². The van der Waals surface area contributed by atoms with E-state index in [-0.39, 0.29) is 5.97 Å². The predicted molar refractivity (Wildman–Crippen MR) is 63.4 cm³/mol. The highest BCUT2D eigenvalue weighted by Gasteiger charge is 2.21. The number of anilines is 2. The lowest BCUT2D eigenvalue weighted by atomic mass is 10.1. The van der Waals surface area contributed by atoms with E-state index in [2.05, 4.69) is 10.1 Å². The number of esters is 1. The van der Waals surface area contributed by atoms with Crippen LogP contribution >= 0.6 is 0 Å². The summed E-state index contributed by atoms with van der Waals surface area (Å²) in [5.74, 6) is 0.427. The zero-order valence-electron chi connectivity index (χ0n) is 9.32. The van der Waals surface area contributed by atoms with Crippen LogP contribution < -0.4 is 11.1 Å². The number of benzene rings is 1. The first-order valence-electron chi connectivity index (χ1n) is 5.42. The molecular formula is C12H16N2O2. The minimum absolute atomic E-state index is 0.338. The van der Waals surface area contributed by atoms with Gasteiger partial charge in [-0.05, 0) is 37.0 Å². The summed E-state index contributed by atoms with van der Waals surface area (Å²) in [6.07, 6.45) is 2.56. The van der Waals surface area contributed by atoms with Gasteiger partial charge in [-0.2, -0.15) is 0 Å². The number of nitrogens with one attached hydrogen (secondary N) is 1. The molecule has 1 aromatic rings. The van der Waals surface area contributed by atoms with Crippen molar-refractivity contribution in [3.05, 3.63) is 23.8 Å². The predicted octanol–water partition coefficient (Wildman–Crippen LogP) is 1.88. The maximum atomic E-state index is 11.3. The number of carbonyl (C=O) groups is 1. The smallest absolute Gasteiger partial charge is 0.337 e. The quantitative estimate of drug-likeness (QED) is 0.600. The molecule has 0 bridgehead atoms. The summed E-state index contributed by atoms with van der Waals surface area (Å²) in [4.78, 5) is 11.3. The van der Waals surface area contributed by atoms with E-state index in [9.17, 15) is 4.79 Å². The molecule has 1 saturated carbocycles. The van der Waals surface area contributed by atoms with Gasteiger partial charge in [0.05, 0.1) is 24.0 Å². The Kier molecular flexibility index (Phi) is 2.99. The van der Waals surface area contributed by atoms with E-state index < -0.39 is 0 Å². The molecule has 0 amide bonds. The maximum Gasteiger partial charge on any atom is 0.337 e. The van der Waals surface area contributed by atoms with Crippen LogP contribution in [0.4, 0.5) is 11.4 Å². The Labute approximate surface area is 94.8 Å². The molecule has 0 aromatic heterocycles. The Bertz CT molecular complexity index is 400. The summed E-state index contributed by atoms with van der Waals surface area (Å²) in [5, 5.41) is 3.26. The van der Waals surface area contributed by atoms with Crippen molar-refractivity contribution < 1.29 is 9.53 Å². The molecule has 1 fully saturated rings. The van der Waals surface area contributed by atoms with Gasteiger partial charge in [-0.25, -0.2) is 4.79 Å². The molecule has 0 spiro atoms. The van der Waals surface area contributed by atoms with Gasteiger partial charge in [0.25, 0.3) is 0 Å². The lowest BCUT2D eigenvalue weighted by molar-refractivity contribution is 0.0601. The van der Waals surface area contributed by atoms with Crippen molar-refractivity contribution in [3.8, 4) is 0 Å². The molecule has 0 saturated heterocycles. The van der Waals surface area contributed by atoms with Crippen LogP contribution in [0.1, 0.15) is 23.2 Å². The van der Waals surface area contributed by atoms with Crippen molar-refractivity contribution in [1.29, 1.82) is 0 Å². The van der Waals surface area contributed by atoms with Crippen LogP contribution in [0, 0.1) is 5.92 Å². The third kappa shape index (κ3) is 2.45. The summed E-state index contributed by atoms with van der Waals surface area (Å²) >= 11 is 0. The highest BCUT2D eigenvalue weighted by Crippen LogP contribution is 2.30. The van der Waals surface area contributed by atoms with E-state index in [1.165, 1.54) is 20.0 Å². The Morgan fingerprint density at radius 2 is 2.31 bits per heavy atom. The number of rotatable bonds is 4. The van der Waals surface area contributed by atoms with Crippen LogP contribution in [-0.2, 0) is 4.74 Å². The molecule has 0 radical (unpaired) electrons. The standard InChI is InChI=1S/C12H16N2O2/c1-16-12(15)9-4-5-10(13)11(6-9)14-7-8-2-3-8/h4-6,8,14H,2-3,7,13H2,1H3. The van der Waals surface area contributed by atoms with E-state index in [0.717, 1.165) is 18.2 Å². The van der Waals surface area contributed by atoms with E-state index in [1.807, 2.05) is 0 Å². The fourth-order valence-corrected chi connectivity index (χ4v) is 1.53. The van der Waals surface area contributed by atoms with Crippen molar-refractivity contribution in [2.45, 2.75) is 12.8 Å².